The molecular formula is C18H16N4O6. The molecule has 1 heterocycles. The fourth-order valence-corrected chi connectivity index (χ4v) is 2.56. The van der Waals surface area contributed by atoms with Gasteiger partial charge in [-0.25, -0.2) is 4.98 Å². The number of nitrogens with zero attached hydrogens (tertiary/aromatic N) is 3. The highest BCUT2D eigenvalue weighted by Gasteiger charge is 2.15. The first kappa shape index (κ1) is 18.8. The van der Waals surface area contributed by atoms with Gasteiger partial charge in [0.2, 0.25) is 0 Å². The van der Waals surface area contributed by atoms with E-state index in [9.17, 15) is 19.7 Å². The van der Waals surface area contributed by atoms with Crippen LogP contribution in [0.5, 0.6) is 5.75 Å². The third kappa shape index (κ3) is 4.23. The molecule has 0 radical (unpaired) electrons. The van der Waals surface area contributed by atoms with E-state index in [0.29, 0.717) is 0 Å². The van der Waals surface area contributed by atoms with Crippen LogP contribution in [0.15, 0.2) is 48.8 Å². The van der Waals surface area contributed by atoms with Gasteiger partial charge in [0, 0.05) is 12.1 Å². The number of para-hydroxylation sites is 2. The minimum absolute atomic E-state index is 0.103. The lowest BCUT2D eigenvalue weighted by Crippen LogP contribution is -2.23. The second-order valence-electron chi connectivity index (χ2n) is 5.71. The van der Waals surface area contributed by atoms with E-state index in [1.165, 1.54) is 25.6 Å². The Morgan fingerprint density at radius 1 is 1.25 bits per heavy atom. The number of fused-ring (bicyclic) bond motifs is 1. The summed E-state index contributed by atoms with van der Waals surface area (Å²) in [6.45, 7) is -0.648. The molecule has 0 aliphatic rings. The number of amides is 1. The monoisotopic (exact) mass is 384 g/mol. The Hall–Kier alpha value is -3.95. The number of carbonyl (C=O) groups is 2. The molecule has 3 aromatic rings. The second kappa shape index (κ2) is 8.16. The van der Waals surface area contributed by atoms with Crippen LogP contribution in [0.1, 0.15) is 0 Å². The molecule has 10 heteroatoms. The van der Waals surface area contributed by atoms with Crippen molar-refractivity contribution < 1.29 is 24.0 Å². The maximum absolute atomic E-state index is 12.0. The molecule has 1 N–H and O–H groups in total. The van der Waals surface area contributed by atoms with Crippen molar-refractivity contribution in [2.45, 2.75) is 6.54 Å². The van der Waals surface area contributed by atoms with Gasteiger partial charge in [0.25, 0.3) is 11.6 Å². The van der Waals surface area contributed by atoms with Crippen molar-refractivity contribution in [2.75, 3.05) is 19.0 Å². The molecule has 1 aromatic heterocycles. The van der Waals surface area contributed by atoms with Crippen molar-refractivity contribution in [1.82, 2.24) is 9.55 Å². The van der Waals surface area contributed by atoms with Crippen molar-refractivity contribution in [2.24, 2.45) is 0 Å². The molecule has 1 amide bonds. The van der Waals surface area contributed by atoms with Crippen LogP contribution in [0.25, 0.3) is 11.0 Å². The average molecular weight is 384 g/mol. The number of hydrogen-bond acceptors (Lipinski definition) is 7. The highest BCUT2D eigenvalue weighted by Crippen LogP contribution is 2.28. The Bertz CT molecular complexity index is 1050. The molecule has 2 aromatic carbocycles. The van der Waals surface area contributed by atoms with Gasteiger partial charge in [-0.05, 0) is 18.2 Å². The maximum atomic E-state index is 12.0. The van der Waals surface area contributed by atoms with E-state index < -0.39 is 23.4 Å². The van der Waals surface area contributed by atoms with E-state index in [4.69, 9.17) is 9.47 Å². The number of nitrogens with one attached hydrogen (secondary N) is 1. The van der Waals surface area contributed by atoms with Crippen LogP contribution in [0, 0.1) is 10.1 Å². The number of hydrogen-bond donors (Lipinski definition) is 1. The Morgan fingerprint density at radius 2 is 2.04 bits per heavy atom. The summed E-state index contributed by atoms with van der Waals surface area (Å²) in [6, 6.07) is 11.1. The van der Waals surface area contributed by atoms with E-state index in [1.54, 1.807) is 4.57 Å². The van der Waals surface area contributed by atoms with E-state index in [1.807, 2.05) is 24.3 Å². The minimum Gasteiger partial charge on any atom is -0.495 e. The van der Waals surface area contributed by atoms with Gasteiger partial charge in [-0.15, -0.1) is 0 Å². The predicted octanol–water partition coefficient (Wildman–Crippen LogP) is 2.13. The predicted molar refractivity (Wildman–Crippen MR) is 99.0 cm³/mol. The van der Waals surface area contributed by atoms with E-state index in [0.717, 1.165) is 17.1 Å². The van der Waals surface area contributed by atoms with Crippen molar-refractivity contribution in [3.63, 3.8) is 0 Å². The van der Waals surface area contributed by atoms with E-state index >= 15 is 0 Å². The first-order chi connectivity index (χ1) is 13.5. The summed E-state index contributed by atoms with van der Waals surface area (Å²) in [7, 11) is 1.37. The Morgan fingerprint density at radius 3 is 2.79 bits per heavy atom. The minimum atomic E-state index is -0.650. The number of methoxy groups -OCH3 is 1. The van der Waals surface area contributed by atoms with Gasteiger partial charge in [0.1, 0.15) is 12.3 Å². The van der Waals surface area contributed by atoms with Crippen LogP contribution in [0.4, 0.5) is 11.4 Å². The molecule has 144 valence electrons. The van der Waals surface area contributed by atoms with Crippen LogP contribution in [-0.4, -0.2) is 40.1 Å². The van der Waals surface area contributed by atoms with E-state index in [2.05, 4.69) is 10.3 Å². The molecule has 3 rings (SSSR count). The summed E-state index contributed by atoms with van der Waals surface area (Å²) in [6.07, 6.45) is 1.51. The molecule has 0 bridgehead atoms. The maximum Gasteiger partial charge on any atom is 0.326 e. The van der Waals surface area contributed by atoms with Crippen LogP contribution in [0.3, 0.4) is 0 Å². The number of nitro benzene ring substituents is 1. The second-order valence-corrected chi connectivity index (χ2v) is 5.71. The number of benzene rings is 2. The zero-order chi connectivity index (χ0) is 20.1. The van der Waals surface area contributed by atoms with Gasteiger partial charge in [-0.2, -0.15) is 0 Å². The van der Waals surface area contributed by atoms with Gasteiger partial charge in [-0.1, -0.05) is 12.1 Å². The molecule has 0 spiro atoms. The Labute approximate surface area is 158 Å². The lowest BCUT2D eigenvalue weighted by molar-refractivity contribution is -0.384. The lowest BCUT2D eigenvalue weighted by Gasteiger charge is -2.10. The van der Waals surface area contributed by atoms with Gasteiger partial charge in [0.05, 0.1) is 35.1 Å². The highest BCUT2D eigenvalue weighted by molar-refractivity contribution is 5.94. The van der Waals surface area contributed by atoms with Crippen LogP contribution >= 0.6 is 0 Å². The van der Waals surface area contributed by atoms with Crippen LogP contribution in [0.2, 0.25) is 0 Å². The van der Waals surface area contributed by atoms with Crippen molar-refractivity contribution >= 4 is 34.3 Å². The summed E-state index contributed by atoms with van der Waals surface area (Å²) < 4.78 is 11.6. The Balaban J connectivity index is 1.59. The molecule has 0 aliphatic carbocycles. The highest BCUT2D eigenvalue weighted by atomic mass is 16.6. The SMILES string of the molecule is COc1ccc([N+](=O)[O-])cc1NC(=O)COC(=O)Cn1cnc2ccccc21. The first-order valence-corrected chi connectivity index (χ1v) is 8.15. The number of non-ortho nitro benzene ring substituents is 1. The number of anilines is 1. The lowest BCUT2D eigenvalue weighted by atomic mass is 10.2. The summed E-state index contributed by atoms with van der Waals surface area (Å²) in [5, 5.41) is 13.3. The summed E-state index contributed by atoms with van der Waals surface area (Å²) >= 11 is 0. The average Bonchev–Trinajstić information content (AvgIpc) is 3.09. The molecule has 0 saturated heterocycles. The zero-order valence-electron chi connectivity index (χ0n) is 14.8. The van der Waals surface area contributed by atoms with E-state index in [-0.39, 0.29) is 23.7 Å². The van der Waals surface area contributed by atoms with Gasteiger partial charge >= 0.3 is 5.97 Å². The topological polar surface area (TPSA) is 126 Å². The molecule has 0 aliphatic heterocycles. The smallest absolute Gasteiger partial charge is 0.326 e. The molecule has 28 heavy (non-hydrogen) atoms. The number of aromatic nitrogens is 2. The fraction of sp³-hybridized carbons (Fsp3) is 0.167. The van der Waals surface area contributed by atoms with Gasteiger partial charge < -0.3 is 19.4 Å². The third-order valence-corrected chi connectivity index (χ3v) is 3.86. The third-order valence-electron chi connectivity index (χ3n) is 3.86. The first-order valence-electron chi connectivity index (χ1n) is 8.15. The summed E-state index contributed by atoms with van der Waals surface area (Å²) in [5.41, 5.74) is 1.41. The number of nitro groups is 1. The number of ether oxygens (including phenoxy) is 2. The number of carbonyl (C=O) groups excluding carboxylic acids is 2. The van der Waals surface area contributed by atoms with Crippen LogP contribution in [-0.2, 0) is 20.9 Å². The van der Waals surface area contributed by atoms with Crippen molar-refractivity contribution in [1.29, 1.82) is 0 Å². The molecule has 10 nitrogen and oxygen atoms in total. The summed E-state index contributed by atoms with van der Waals surface area (Å²) in [4.78, 5) is 38.5. The molecule has 0 saturated carbocycles. The van der Waals surface area contributed by atoms with Crippen molar-refractivity contribution in [3.05, 3.63) is 58.9 Å². The largest absolute Gasteiger partial charge is 0.495 e. The van der Waals surface area contributed by atoms with Crippen molar-refractivity contribution in [3.8, 4) is 5.75 Å². The summed E-state index contributed by atoms with van der Waals surface area (Å²) in [5.74, 6) is -1.03. The van der Waals surface area contributed by atoms with Gasteiger partial charge in [0.15, 0.2) is 6.61 Å². The van der Waals surface area contributed by atoms with Crippen LogP contribution < -0.4 is 10.1 Å². The van der Waals surface area contributed by atoms with Gasteiger partial charge in [-0.3, -0.25) is 19.7 Å². The fourth-order valence-electron chi connectivity index (χ4n) is 2.56. The zero-order valence-corrected chi connectivity index (χ0v) is 14.8. The molecule has 0 unspecified atom stereocenters. The molecule has 0 fully saturated rings. The molecule has 0 atom stereocenters. The molecular weight excluding hydrogens is 368 g/mol. The Kier molecular flexibility index (Phi) is 5.49. The quantitative estimate of drug-likeness (QED) is 0.376. The number of esters is 1. The standard InChI is InChI=1S/C18H16N4O6/c1-27-16-7-6-12(22(25)26)8-14(16)20-17(23)10-28-18(24)9-21-11-19-13-4-2-3-5-15(13)21/h2-8,11H,9-10H2,1H3,(H,20,23). The normalized spacial score (nSPS) is 10.5. The number of rotatable bonds is 7. The number of imidazole rings is 1.